The Hall–Kier alpha value is -3.17. The summed E-state index contributed by atoms with van der Waals surface area (Å²) in [6.07, 6.45) is 4.88. The van der Waals surface area contributed by atoms with Crippen molar-refractivity contribution in [3.63, 3.8) is 0 Å². The Balaban J connectivity index is 1.56. The number of halogens is 1. The average Bonchev–Trinajstić information content (AvgIpc) is 3.50. The first-order chi connectivity index (χ1) is 16.5. The molecule has 0 aliphatic carbocycles. The van der Waals surface area contributed by atoms with Gasteiger partial charge in [-0.25, -0.2) is 9.67 Å². The van der Waals surface area contributed by atoms with Crippen molar-refractivity contribution < 1.29 is 4.74 Å². The average molecular weight is 481 g/mol. The van der Waals surface area contributed by atoms with Crippen molar-refractivity contribution in [2.45, 2.75) is 32.5 Å². The molecule has 34 heavy (non-hydrogen) atoms. The van der Waals surface area contributed by atoms with Gasteiger partial charge in [0, 0.05) is 49.2 Å². The number of pyridine rings is 1. The lowest BCUT2D eigenvalue weighted by Crippen LogP contribution is -2.31. The van der Waals surface area contributed by atoms with Gasteiger partial charge in [0.1, 0.15) is 5.75 Å². The molecule has 1 aliphatic heterocycles. The van der Waals surface area contributed by atoms with Crippen LogP contribution in [0.3, 0.4) is 0 Å². The first-order valence-electron chi connectivity index (χ1n) is 11.5. The zero-order valence-corrected chi connectivity index (χ0v) is 20.7. The Morgan fingerprint density at radius 1 is 1.21 bits per heavy atom. The number of nitrogens with zero attached hydrogens (tertiary/aromatic N) is 7. The van der Waals surface area contributed by atoms with Gasteiger partial charge in [0.05, 0.1) is 23.7 Å². The number of ether oxygens (including phenoxy) is 1. The van der Waals surface area contributed by atoms with E-state index in [-0.39, 0.29) is 0 Å². The van der Waals surface area contributed by atoms with Crippen LogP contribution in [0.15, 0.2) is 30.6 Å². The van der Waals surface area contributed by atoms with E-state index < -0.39 is 0 Å². The number of anilines is 2. The molecule has 10 heteroatoms. The summed E-state index contributed by atoms with van der Waals surface area (Å²) in [4.78, 5) is 9.33. The molecular weight excluding hydrogens is 452 g/mol. The maximum Gasteiger partial charge on any atom is 0.160 e. The Morgan fingerprint density at radius 3 is 2.76 bits per heavy atom. The molecule has 5 rings (SSSR count). The zero-order chi connectivity index (χ0) is 23.8. The highest BCUT2D eigenvalue weighted by molar-refractivity contribution is 6.32. The highest BCUT2D eigenvalue weighted by atomic mass is 35.5. The second-order valence-corrected chi connectivity index (χ2v) is 9.20. The molecule has 0 spiro atoms. The SMILES string of the molecule is CCn1ncc2c3c(NCc4ccc(OC)c(Cl)c4)nnc(N4CC[C@@H](N(C)C)C4)c3cnc21. The van der Waals surface area contributed by atoms with Gasteiger partial charge in [-0.05, 0) is 45.1 Å². The van der Waals surface area contributed by atoms with E-state index in [1.54, 1.807) is 7.11 Å². The predicted octanol–water partition coefficient (Wildman–Crippen LogP) is 3.81. The first kappa shape index (κ1) is 22.6. The molecule has 0 bridgehead atoms. The first-order valence-corrected chi connectivity index (χ1v) is 11.9. The van der Waals surface area contributed by atoms with Crippen molar-refractivity contribution in [3.8, 4) is 5.75 Å². The van der Waals surface area contributed by atoms with E-state index in [1.165, 1.54) is 0 Å². The van der Waals surface area contributed by atoms with Crippen molar-refractivity contribution in [1.29, 1.82) is 0 Å². The Labute approximate surface area is 203 Å². The molecule has 0 radical (unpaired) electrons. The van der Waals surface area contributed by atoms with E-state index in [2.05, 4.69) is 51.4 Å². The van der Waals surface area contributed by atoms with Crippen LogP contribution in [0.25, 0.3) is 21.8 Å². The van der Waals surface area contributed by atoms with Crippen molar-refractivity contribution >= 4 is 45.0 Å². The van der Waals surface area contributed by atoms with E-state index >= 15 is 0 Å². The molecule has 0 saturated carbocycles. The van der Waals surface area contributed by atoms with Gasteiger partial charge in [-0.1, -0.05) is 17.7 Å². The smallest absolute Gasteiger partial charge is 0.160 e. The third-order valence-corrected chi connectivity index (χ3v) is 6.85. The Morgan fingerprint density at radius 2 is 2.06 bits per heavy atom. The summed E-state index contributed by atoms with van der Waals surface area (Å²) in [5.74, 6) is 2.23. The number of aryl methyl sites for hydroxylation is 1. The molecular formula is C24H29ClN8O. The van der Waals surface area contributed by atoms with Gasteiger partial charge in [0.25, 0.3) is 0 Å². The van der Waals surface area contributed by atoms with Crippen molar-refractivity contribution in [3.05, 3.63) is 41.2 Å². The van der Waals surface area contributed by atoms with Gasteiger partial charge in [-0.3, -0.25) is 0 Å². The van der Waals surface area contributed by atoms with Crippen molar-refractivity contribution in [2.75, 3.05) is 44.5 Å². The van der Waals surface area contributed by atoms with E-state index in [1.807, 2.05) is 35.3 Å². The summed E-state index contributed by atoms with van der Waals surface area (Å²) >= 11 is 6.32. The van der Waals surface area contributed by atoms with Gasteiger partial charge < -0.3 is 19.9 Å². The zero-order valence-electron chi connectivity index (χ0n) is 19.9. The molecule has 1 aromatic carbocycles. The number of hydrogen-bond acceptors (Lipinski definition) is 8. The van der Waals surface area contributed by atoms with Gasteiger partial charge in [-0.2, -0.15) is 5.10 Å². The second kappa shape index (κ2) is 9.23. The number of aromatic nitrogens is 5. The number of hydrogen-bond donors (Lipinski definition) is 1. The molecule has 0 unspecified atom stereocenters. The van der Waals surface area contributed by atoms with Crippen LogP contribution in [0.2, 0.25) is 5.02 Å². The molecule has 1 N–H and O–H groups in total. The number of rotatable bonds is 7. The molecule has 1 atom stereocenters. The minimum atomic E-state index is 0.494. The molecule has 3 aromatic heterocycles. The molecule has 178 valence electrons. The molecule has 1 aliphatic rings. The third kappa shape index (κ3) is 3.99. The minimum Gasteiger partial charge on any atom is -0.495 e. The maximum absolute atomic E-state index is 6.32. The normalized spacial score (nSPS) is 16.2. The minimum absolute atomic E-state index is 0.494. The molecule has 1 fully saturated rings. The van der Waals surface area contributed by atoms with Crippen LogP contribution < -0.4 is 15.0 Å². The Bertz CT molecular complexity index is 1340. The van der Waals surface area contributed by atoms with Gasteiger partial charge >= 0.3 is 0 Å². The second-order valence-electron chi connectivity index (χ2n) is 8.79. The Kier molecular flexibility index (Phi) is 6.14. The van der Waals surface area contributed by atoms with E-state index in [4.69, 9.17) is 21.3 Å². The molecule has 1 saturated heterocycles. The number of methoxy groups -OCH3 is 1. The molecule has 0 amide bonds. The summed E-state index contributed by atoms with van der Waals surface area (Å²) in [5.41, 5.74) is 1.87. The highest BCUT2D eigenvalue weighted by Gasteiger charge is 2.27. The summed E-state index contributed by atoms with van der Waals surface area (Å²) in [5, 5.41) is 20.8. The topological polar surface area (TPSA) is 84.2 Å². The van der Waals surface area contributed by atoms with Crippen molar-refractivity contribution in [1.82, 2.24) is 29.9 Å². The summed E-state index contributed by atoms with van der Waals surface area (Å²) < 4.78 is 7.17. The van der Waals surface area contributed by atoms with E-state index in [0.717, 1.165) is 59.2 Å². The summed E-state index contributed by atoms with van der Waals surface area (Å²) in [7, 11) is 5.86. The fraction of sp³-hybridized carbons (Fsp3) is 0.417. The van der Waals surface area contributed by atoms with Gasteiger partial charge in [-0.15, -0.1) is 10.2 Å². The largest absolute Gasteiger partial charge is 0.495 e. The number of likely N-dealkylation sites (N-methyl/N-ethyl adjacent to an activating group) is 1. The lowest BCUT2D eigenvalue weighted by atomic mass is 10.1. The number of benzene rings is 1. The highest BCUT2D eigenvalue weighted by Crippen LogP contribution is 2.35. The van der Waals surface area contributed by atoms with Gasteiger partial charge in [0.15, 0.2) is 17.3 Å². The summed E-state index contributed by atoms with van der Waals surface area (Å²) in [6.45, 7) is 5.21. The standard InChI is InChI=1S/C24H29ClN8O/c1-5-33-23-18(13-28-33)21-17(12-27-23)24(32-9-8-16(14-32)31(2)3)30-29-22(21)26-11-15-6-7-20(34-4)19(25)10-15/h6-7,10,12-13,16H,5,8-9,11,14H2,1-4H3,(H,26,29)/t16-/m1/s1. The number of nitrogens with one attached hydrogen (secondary N) is 1. The summed E-state index contributed by atoms with van der Waals surface area (Å²) in [6, 6.07) is 6.25. The number of fused-ring (bicyclic) bond motifs is 3. The van der Waals surface area contributed by atoms with Crippen molar-refractivity contribution in [2.24, 2.45) is 0 Å². The lowest BCUT2D eigenvalue weighted by Gasteiger charge is -2.22. The van der Waals surface area contributed by atoms with Crippen LogP contribution in [0.5, 0.6) is 5.75 Å². The third-order valence-electron chi connectivity index (χ3n) is 6.56. The van der Waals surface area contributed by atoms with Crippen LogP contribution in [-0.2, 0) is 13.1 Å². The predicted molar refractivity (Wildman–Crippen MR) is 136 cm³/mol. The lowest BCUT2D eigenvalue weighted by molar-refractivity contribution is 0.315. The van der Waals surface area contributed by atoms with E-state index in [0.29, 0.717) is 29.2 Å². The fourth-order valence-corrected chi connectivity index (χ4v) is 4.88. The van der Waals surface area contributed by atoms with Crippen LogP contribution in [0.1, 0.15) is 18.9 Å². The van der Waals surface area contributed by atoms with Gasteiger partial charge in [0.2, 0.25) is 0 Å². The van der Waals surface area contributed by atoms with Crippen LogP contribution in [0.4, 0.5) is 11.6 Å². The quantitative estimate of drug-likeness (QED) is 0.427. The van der Waals surface area contributed by atoms with Crippen LogP contribution in [0, 0.1) is 0 Å². The maximum atomic E-state index is 6.32. The molecule has 9 nitrogen and oxygen atoms in total. The molecule has 4 heterocycles. The monoisotopic (exact) mass is 480 g/mol. The molecule has 4 aromatic rings. The van der Waals surface area contributed by atoms with E-state index in [9.17, 15) is 0 Å². The fourth-order valence-electron chi connectivity index (χ4n) is 4.60. The van der Waals surface area contributed by atoms with Crippen LogP contribution >= 0.6 is 11.6 Å². The van der Waals surface area contributed by atoms with Crippen LogP contribution in [-0.4, -0.2) is 70.2 Å².